The van der Waals surface area contributed by atoms with E-state index in [1.165, 1.54) is 0 Å². The highest BCUT2D eigenvalue weighted by atomic mass is 35.5. The van der Waals surface area contributed by atoms with Crippen LogP contribution < -0.4 is 4.90 Å². The summed E-state index contributed by atoms with van der Waals surface area (Å²) in [4.78, 5) is 39.3. The third kappa shape index (κ3) is 4.27. The molecule has 148 valence electrons. The summed E-state index contributed by atoms with van der Waals surface area (Å²) in [6.07, 6.45) is 5.50. The largest absolute Gasteiger partial charge is 0.312 e. The zero-order valence-electron chi connectivity index (χ0n) is 16.7. The van der Waals surface area contributed by atoms with Crippen molar-refractivity contribution in [3.63, 3.8) is 0 Å². The minimum absolute atomic E-state index is 0.0508. The molecule has 1 saturated heterocycles. The SMILES string of the molecule is CC1=CC(C)=C(CCC(=O)c2cc(Cl)cc(N3CCCCC3=O)c2C)C(=O)C1. The monoisotopic (exact) mass is 399 g/mol. The summed E-state index contributed by atoms with van der Waals surface area (Å²) in [7, 11) is 0. The zero-order chi connectivity index (χ0) is 20.4. The van der Waals surface area contributed by atoms with E-state index < -0.39 is 0 Å². The first-order valence-corrected chi connectivity index (χ1v) is 10.2. The number of carbonyl (C=O) groups is 3. The molecule has 1 aromatic carbocycles. The Morgan fingerprint density at radius 2 is 1.89 bits per heavy atom. The van der Waals surface area contributed by atoms with Crippen molar-refractivity contribution in [2.24, 2.45) is 0 Å². The highest BCUT2D eigenvalue weighted by Crippen LogP contribution is 2.32. The number of nitrogens with zero attached hydrogens (tertiary/aromatic N) is 1. The number of hydrogen-bond acceptors (Lipinski definition) is 3. The Balaban J connectivity index is 1.83. The predicted octanol–water partition coefficient (Wildman–Crippen LogP) is 5.36. The molecule has 1 aliphatic carbocycles. The summed E-state index contributed by atoms with van der Waals surface area (Å²) >= 11 is 6.28. The summed E-state index contributed by atoms with van der Waals surface area (Å²) in [5, 5.41) is 0.449. The molecule has 0 saturated carbocycles. The average molecular weight is 400 g/mol. The van der Waals surface area contributed by atoms with Crippen molar-refractivity contribution in [1.29, 1.82) is 0 Å². The molecule has 1 amide bonds. The molecule has 0 spiro atoms. The van der Waals surface area contributed by atoms with Gasteiger partial charge in [-0.2, -0.15) is 0 Å². The molecule has 2 aliphatic rings. The molecule has 0 unspecified atom stereocenters. The molecule has 0 atom stereocenters. The van der Waals surface area contributed by atoms with Gasteiger partial charge in [0.2, 0.25) is 5.91 Å². The van der Waals surface area contributed by atoms with Crippen LogP contribution in [-0.4, -0.2) is 24.0 Å². The van der Waals surface area contributed by atoms with E-state index in [4.69, 9.17) is 11.6 Å². The number of halogens is 1. The van der Waals surface area contributed by atoms with Crippen LogP contribution in [0.25, 0.3) is 0 Å². The number of hydrogen-bond donors (Lipinski definition) is 0. The highest BCUT2D eigenvalue weighted by Gasteiger charge is 2.25. The summed E-state index contributed by atoms with van der Waals surface area (Å²) < 4.78 is 0. The molecule has 1 heterocycles. The number of benzene rings is 1. The molecule has 1 fully saturated rings. The Morgan fingerprint density at radius 3 is 2.57 bits per heavy atom. The van der Waals surface area contributed by atoms with E-state index in [-0.39, 0.29) is 23.9 Å². The fourth-order valence-corrected chi connectivity index (χ4v) is 4.31. The molecule has 0 bridgehead atoms. The summed E-state index contributed by atoms with van der Waals surface area (Å²) in [5.41, 5.74) is 4.78. The van der Waals surface area contributed by atoms with Gasteiger partial charge in [-0.3, -0.25) is 14.4 Å². The molecule has 0 aromatic heterocycles. The smallest absolute Gasteiger partial charge is 0.226 e. The van der Waals surface area contributed by atoms with Gasteiger partial charge in [-0.05, 0) is 68.9 Å². The van der Waals surface area contributed by atoms with Gasteiger partial charge in [0, 0.05) is 42.1 Å². The van der Waals surface area contributed by atoms with Crippen LogP contribution in [0.1, 0.15) is 68.3 Å². The lowest BCUT2D eigenvalue weighted by atomic mass is 9.88. The summed E-state index contributed by atoms with van der Waals surface area (Å²) in [6, 6.07) is 3.44. The fraction of sp³-hybridized carbons (Fsp3) is 0.435. The van der Waals surface area contributed by atoms with Crippen molar-refractivity contribution in [1.82, 2.24) is 0 Å². The second-order valence-corrected chi connectivity index (χ2v) is 8.21. The topological polar surface area (TPSA) is 54.5 Å². The zero-order valence-corrected chi connectivity index (χ0v) is 17.5. The van der Waals surface area contributed by atoms with Gasteiger partial charge in [0.1, 0.15) is 0 Å². The Hall–Kier alpha value is -2.20. The van der Waals surface area contributed by atoms with Gasteiger partial charge >= 0.3 is 0 Å². The minimum atomic E-state index is -0.0508. The molecule has 1 aromatic rings. The fourth-order valence-electron chi connectivity index (χ4n) is 4.09. The lowest BCUT2D eigenvalue weighted by Gasteiger charge is -2.29. The van der Waals surface area contributed by atoms with E-state index in [9.17, 15) is 14.4 Å². The van der Waals surface area contributed by atoms with Crippen molar-refractivity contribution < 1.29 is 14.4 Å². The quantitative estimate of drug-likeness (QED) is 0.626. The number of carbonyl (C=O) groups excluding carboxylic acids is 3. The van der Waals surface area contributed by atoms with E-state index in [1.807, 2.05) is 26.8 Å². The average Bonchev–Trinajstić information content (AvgIpc) is 2.63. The normalized spacial score (nSPS) is 17.9. The van der Waals surface area contributed by atoms with E-state index in [1.54, 1.807) is 17.0 Å². The van der Waals surface area contributed by atoms with E-state index in [2.05, 4.69) is 0 Å². The Labute approximate surface area is 171 Å². The van der Waals surface area contributed by atoms with Crippen LogP contribution in [0.4, 0.5) is 5.69 Å². The van der Waals surface area contributed by atoms with Gasteiger partial charge in [-0.15, -0.1) is 0 Å². The summed E-state index contributed by atoms with van der Waals surface area (Å²) in [6.45, 7) is 6.39. The van der Waals surface area contributed by atoms with Crippen molar-refractivity contribution in [3.8, 4) is 0 Å². The van der Waals surface area contributed by atoms with Crippen LogP contribution in [0.2, 0.25) is 5.02 Å². The minimum Gasteiger partial charge on any atom is -0.312 e. The van der Waals surface area contributed by atoms with Crippen LogP contribution in [0.5, 0.6) is 0 Å². The number of ketones is 2. The molecule has 3 rings (SSSR count). The molecule has 1 aliphatic heterocycles. The number of rotatable bonds is 5. The number of amides is 1. The van der Waals surface area contributed by atoms with Crippen molar-refractivity contribution in [2.45, 2.75) is 59.3 Å². The highest BCUT2D eigenvalue weighted by molar-refractivity contribution is 6.31. The van der Waals surface area contributed by atoms with Gasteiger partial charge in [0.25, 0.3) is 0 Å². The summed E-state index contributed by atoms with van der Waals surface area (Å²) in [5.74, 6) is 0.128. The van der Waals surface area contributed by atoms with Crippen molar-refractivity contribution in [3.05, 3.63) is 51.1 Å². The van der Waals surface area contributed by atoms with Gasteiger partial charge < -0.3 is 4.90 Å². The number of piperidine rings is 1. The predicted molar refractivity (Wildman–Crippen MR) is 112 cm³/mol. The van der Waals surface area contributed by atoms with Crippen LogP contribution >= 0.6 is 11.6 Å². The van der Waals surface area contributed by atoms with Crippen LogP contribution in [0, 0.1) is 6.92 Å². The Kier molecular flexibility index (Phi) is 6.19. The standard InChI is InChI=1S/C23H26ClNO3/c1-14-10-15(2)18(22(27)11-14)7-8-21(26)19-12-17(24)13-20(16(19)3)25-9-5-4-6-23(25)28/h10,12-13H,4-9,11H2,1-3H3. The molecular formula is C23H26ClNO3. The molecule has 0 radical (unpaired) electrons. The maximum atomic E-state index is 12.9. The maximum absolute atomic E-state index is 12.9. The number of Topliss-reactive ketones (excluding diaryl/α,β-unsaturated/α-hetero) is 2. The van der Waals surface area contributed by atoms with Gasteiger partial charge in [-0.25, -0.2) is 0 Å². The van der Waals surface area contributed by atoms with Crippen molar-refractivity contribution in [2.75, 3.05) is 11.4 Å². The van der Waals surface area contributed by atoms with E-state index in [0.29, 0.717) is 36.4 Å². The maximum Gasteiger partial charge on any atom is 0.226 e. The van der Waals surface area contributed by atoms with Crippen LogP contribution in [0.3, 0.4) is 0 Å². The van der Waals surface area contributed by atoms with Gasteiger partial charge in [0.05, 0.1) is 0 Å². The van der Waals surface area contributed by atoms with Crippen molar-refractivity contribution >= 4 is 34.8 Å². The van der Waals surface area contributed by atoms with E-state index in [0.717, 1.165) is 40.8 Å². The van der Waals surface area contributed by atoms with E-state index >= 15 is 0 Å². The second kappa shape index (κ2) is 8.44. The Morgan fingerprint density at radius 1 is 1.14 bits per heavy atom. The lowest BCUT2D eigenvalue weighted by Crippen LogP contribution is -2.35. The molecular weight excluding hydrogens is 374 g/mol. The van der Waals surface area contributed by atoms with Crippen LogP contribution in [-0.2, 0) is 9.59 Å². The third-order valence-electron chi connectivity index (χ3n) is 5.58. The first-order valence-electron chi connectivity index (χ1n) is 9.81. The lowest BCUT2D eigenvalue weighted by molar-refractivity contribution is -0.119. The van der Waals surface area contributed by atoms with Gasteiger partial charge in [0.15, 0.2) is 11.6 Å². The first-order chi connectivity index (χ1) is 13.3. The second-order valence-electron chi connectivity index (χ2n) is 7.78. The third-order valence-corrected chi connectivity index (χ3v) is 5.79. The number of anilines is 1. The molecule has 28 heavy (non-hydrogen) atoms. The number of allylic oxidation sites excluding steroid dienone is 4. The first kappa shape index (κ1) is 20.5. The molecule has 0 N–H and O–H groups in total. The van der Waals surface area contributed by atoms with Crippen LogP contribution in [0.15, 0.2) is 34.9 Å². The Bertz CT molecular complexity index is 911. The molecule has 4 nitrogen and oxygen atoms in total. The van der Waals surface area contributed by atoms with Gasteiger partial charge in [-0.1, -0.05) is 23.3 Å². The molecule has 5 heteroatoms.